The summed E-state index contributed by atoms with van der Waals surface area (Å²) in [4.78, 5) is 11.8. The van der Waals surface area contributed by atoms with E-state index in [4.69, 9.17) is 21.6 Å². The van der Waals surface area contributed by atoms with Gasteiger partial charge in [0.05, 0.1) is 6.07 Å². The molecule has 0 fully saturated rings. The zero-order valence-corrected chi connectivity index (χ0v) is 12.9. The van der Waals surface area contributed by atoms with E-state index in [2.05, 4.69) is 11.4 Å². The number of rotatable bonds is 5. The van der Waals surface area contributed by atoms with Crippen molar-refractivity contribution in [2.24, 2.45) is 5.92 Å². The maximum atomic E-state index is 11.8. The van der Waals surface area contributed by atoms with Crippen LogP contribution in [0.25, 0.3) is 0 Å². The first-order chi connectivity index (χ1) is 9.28. The number of carbonyl (C=O) groups is 1. The summed E-state index contributed by atoms with van der Waals surface area (Å²) in [5.74, 6) is 0.259. The van der Waals surface area contributed by atoms with Gasteiger partial charge in [-0.15, -0.1) is 0 Å². The summed E-state index contributed by atoms with van der Waals surface area (Å²) in [6.07, 6.45) is 0. The Hall–Kier alpha value is -1.73. The summed E-state index contributed by atoms with van der Waals surface area (Å²) in [5.41, 5.74) is -0.00952. The molecule has 0 radical (unpaired) electrons. The molecule has 0 spiro atoms. The molecule has 1 rings (SSSR count). The minimum atomic E-state index is -0.893. The lowest BCUT2D eigenvalue weighted by molar-refractivity contribution is -0.124. The molecule has 1 aromatic carbocycles. The molecule has 0 aliphatic rings. The molecule has 0 heterocycles. The van der Waals surface area contributed by atoms with Crippen LogP contribution in [0.3, 0.4) is 0 Å². The van der Waals surface area contributed by atoms with Gasteiger partial charge in [-0.3, -0.25) is 4.79 Å². The smallest absolute Gasteiger partial charge is 0.259 e. The quantitative estimate of drug-likeness (QED) is 0.908. The lowest BCUT2D eigenvalue weighted by Gasteiger charge is -2.27. The standard InChI is InChI=1S/C15H19ClN2O2/c1-10(2)15(4,9-17)18-14(19)8-20-12-5-6-13(16)11(3)7-12/h5-7,10H,8H2,1-4H3,(H,18,19)/t15-/m1/s1. The van der Waals surface area contributed by atoms with Crippen molar-refractivity contribution < 1.29 is 9.53 Å². The summed E-state index contributed by atoms with van der Waals surface area (Å²) in [6, 6.07) is 7.31. The van der Waals surface area contributed by atoms with Crippen molar-refractivity contribution in [2.75, 3.05) is 6.61 Å². The van der Waals surface area contributed by atoms with E-state index in [0.29, 0.717) is 10.8 Å². The molecular weight excluding hydrogens is 276 g/mol. The topological polar surface area (TPSA) is 62.1 Å². The van der Waals surface area contributed by atoms with Gasteiger partial charge in [0.1, 0.15) is 11.3 Å². The Morgan fingerprint density at radius 2 is 2.20 bits per heavy atom. The molecule has 20 heavy (non-hydrogen) atoms. The molecule has 0 aliphatic carbocycles. The van der Waals surface area contributed by atoms with Crippen LogP contribution in [-0.4, -0.2) is 18.1 Å². The number of hydrogen-bond donors (Lipinski definition) is 1. The Balaban J connectivity index is 2.60. The molecule has 1 N–H and O–H groups in total. The number of halogens is 1. The van der Waals surface area contributed by atoms with Crippen molar-refractivity contribution in [3.8, 4) is 11.8 Å². The van der Waals surface area contributed by atoms with Crippen LogP contribution in [0.1, 0.15) is 26.3 Å². The molecular formula is C15H19ClN2O2. The highest BCUT2D eigenvalue weighted by atomic mass is 35.5. The van der Waals surface area contributed by atoms with Gasteiger partial charge in [-0.1, -0.05) is 25.4 Å². The third kappa shape index (κ3) is 4.14. The fraction of sp³-hybridized carbons (Fsp3) is 0.467. The number of amides is 1. The van der Waals surface area contributed by atoms with E-state index in [0.717, 1.165) is 5.56 Å². The van der Waals surface area contributed by atoms with Crippen LogP contribution in [0, 0.1) is 24.2 Å². The second kappa shape index (κ2) is 6.62. The fourth-order valence-electron chi connectivity index (χ4n) is 1.48. The monoisotopic (exact) mass is 294 g/mol. The summed E-state index contributed by atoms with van der Waals surface area (Å²) >= 11 is 5.91. The largest absolute Gasteiger partial charge is 0.484 e. The van der Waals surface area contributed by atoms with E-state index in [1.807, 2.05) is 20.8 Å². The van der Waals surface area contributed by atoms with Gasteiger partial charge in [-0.2, -0.15) is 5.26 Å². The van der Waals surface area contributed by atoms with Crippen molar-refractivity contribution >= 4 is 17.5 Å². The van der Waals surface area contributed by atoms with Crippen LogP contribution in [0.4, 0.5) is 0 Å². The lowest BCUT2D eigenvalue weighted by Crippen LogP contribution is -2.50. The lowest BCUT2D eigenvalue weighted by atomic mass is 9.90. The van der Waals surface area contributed by atoms with Crippen molar-refractivity contribution in [3.05, 3.63) is 28.8 Å². The van der Waals surface area contributed by atoms with Gasteiger partial charge >= 0.3 is 0 Å². The molecule has 0 unspecified atom stereocenters. The van der Waals surface area contributed by atoms with Crippen LogP contribution in [0.5, 0.6) is 5.75 Å². The van der Waals surface area contributed by atoms with E-state index in [1.54, 1.807) is 25.1 Å². The predicted molar refractivity (Wildman–Crippen MR) is 78.7 cm³/mol. The van der Waals surface area contributed by atoms with Gasteiger partial charge < -0.3 is 10.1 Å². The van der Waals surface area contributed by atoms with E-state index < -0.39 is 5.54 Å². The SMILES string of the molecule is Cc1cc(OCC(=O)N[C@](C)(C#N)C(C)C)ccc1Cl. The van der Waals surface area contributed by atoms with Crippen LogP contribution >= 0.6 is 11.6 Å². The van der Waals surface area contributed by atoms with Gasteiger partial charge in [0.2, 0.25) is 0 Å². The summed E-state index contributed by atoms with van der Waals surface area (Å²) < 4.78 is 5.39. The van der Waals surface area contributed by atoms with Gasteiger partial charge in [0.15, 0.2) is 6.61 Å². The number of nitrogens with zero attached hydrogens (tertiary/aromatic N) is 1. The fourth-order valence-corrected chi connectivity index (χ4v) is 1.60. The highest BCUT2D eigenvalue weighted by Crippen LogP contribution is 2.21. The minimum Gasteiger partial charge on any atom is -0.484 e. The number of aryl methyl sites for hydroxylation is 1. The Labute approximate surface area is 124 Å². The number of benzene rings is 1. The Morgan fingerprint density at radius 3 is 2.70 bits per heavy atom. The molecule has 1 atom stereocenters. The summed E-state index contributed by atoms with van der Waals surface area (Å²) in [7, 11) is 0. The molecule has 0 saturated carbocycles. The molecule has 0 saturated heterocycles. The highest BCUT2D eigenvalue weighted by molar-refractivity contribution is 6.31. The molecule has 0 bridgehead atoms. The second-order valence-corrected chi connectivity index (χ2v) is 5.62. The molecule has 0 aromatic heterocycles. The second-order valence-electron chi connectivity index (χ2n) is 5.22. The van der Waals surface area contributed by atoms with Gasteiger partial charge in [-0.25, -0.2) is 0 Å². The number of nitriles is 1. The van der Waals surface area contributed by atoms with Crippen LogP contribution in [0.15, 0.2) is 18.2 Å². The predicted octanol–water partition coefficient (Wildman–Crippen LogP) is 3.08. The zero-order chi connectivity index (χ0) is 15.3. The van der Waals surface area contributed by atoms with Crippen molar-refractivity contribution in [3.63, 3.8) is 0 Å². The molecule has 1 aromatic rings. The number of carbonyl (C=O) groups excluding carboxylic acids is 1. The Morgan fingerprint density at radius 1 is 1.55 bits per heavy atom. The van der Waals surface area contributed by atoms with Crippen LogP contribution in [-0.2, 0) is 4.79 Å². The molecule has 0 aliphatic heterocycles. The third-order valence-corrected chi connectivity index (χ3v) is 3.71. The molecule has 1 amide bonds. The van der Waals surface area contributed by atoms with Gasteiger partial charge in [0, 0.05) is 5.02 Å². The van der Waals surface area contributed by atoms with Crippen LogP contribution < -0.4 is 10.1 Å². The van der Waals surface area contributed by atoms with Crippen LogP contribution in [0.2, 0.25) is 5.02 Å². The van der Waals surface area contributed by atoms with E-state index >= 15 is 0 Å². The van der Waals surface area contributed by atoms with Gasteiger partial charge in [-0.05, 0) is 43.5 Å². The molecule has 5 heteroatoms. The number of ether oxygens (including phenoxy) is 1. The Bertz CT molecular complexity index is 537. The van der Waals surface area contributed by atoms with Crippen molar-refractivity contribution in [1.29, 1.82) is 5.26 Å². The number of hydrogen-bond acceptors (Lipinski definition) is 3. The van der Waals surface area contributed by atoms with Crippen molar-refractivity contribution in [2.45, 2.75) is 33.2 Å². The summed E-state index contributed by atoms with van der Waals surface area (Å²) in [5, 5.41) is 12.5. The van der Waals surface area contributed by atoms with Gasteiger partial charge in [0.25, 0.3) is 5.91 Å². The molecule has 4 nitrogen and oxygen atoms in total. The first kappa shape index (κ1) is 16.3. The zero-order valence-electron chi connectivity index (χ0n) is 12.2. The van der Waals surface area contributed by atoms with E-state index in [9.17, 15) is 4.79 Å². The minimum absolute atomic E-state index is 0.00854. The maximum Gasteiger partial charge on any atom is 0.259 e. The summed E-state index contributed by atoms with van der Waals surface area (Å²) in [6.45, 7) is 7.19. The average Bonchev–Trinajstić information content (AvgIpc) is 2.39. The third-order valence-electron chi connectivity index (χ3n) is 3.29. The number of nitrogens with one attached hydrogen (secondary N) is 1. The first-order valence-electron chi connectivity index (χ1n) is 6.39. The highest BCUT2D eigenvalue weighted by Gasteiger charge is 2.29. The Kier molecular flexibility index (Phi) is 5.41. The van der Waals surface area contributed by atoms with Crippen molar-refractivity contribution in [1.82, 2.24) is 5.32 Å². The van der Waals surface area contributed by atoms with E-state index in [1.165, 1.54) is 0 Å². The normalized spacial score (nSPS) is 13.4. The average molecular weight is 295 g/mol. The first-order valence-corrected chi connectivity index (χ1v) is 6.77. The van der Waals surface area contributed by atoms with E-state index in [-0.39, 0.29) is 18.4 Å². The maximum absolute atomic E-state index is 11.8. The molecule has 108 valence electrons.